The average Bonchev–Trinajstić information content (AvgIpc) is 3.21. The fourth-order valence-corrected chi connectivity index (χ4v) is 4.15. The van der Waals surface area contributed by atoms with Gasteiger partial charge in [0.1, 0.15) is 11.3 Å². The van der Waals surface area contributed by atoms with E-state index in [-0.39, 0.29) is 0 Å². The van der Waals surface area contributed by atoms with Gasteiger partial charge in [0.25, 0.3) is 0 Å². The third-order valence-corrected chi connectivity index (χ3v) is 5.45. The first-order valence-electron chi connectivity index (χ1n) is 9.09. The van der Waals surface area contributed by atoms with Crippen LogP contribution >= 0.6 is 0 Å². The molecule has 2 aromatic heterocycles. The van der Waals surface area contributed by atoms with Crippen molar-refractivity contribution in [1.82, 2.24) is 24.8 Å². The van der Waals surface area contributed by atoms with Crippen LogP contribution in [0.15, 0.2) is 18.3 Å². The molecule has 0 aromatic carbocycles. The number of nitrogens with one attached hydrogen (secondary N) is 1. The molecule has 2 atom stereocenters. The Morgan fingerprint density at radius 2 is 2.30 bits per heavy atom. The normalized spacial score (nSPS) is 26.1. The maximum atomic E-state index is 4.96. The number of imidazole rings is 1. The van der Waals surface area contributed by atoms with Crippen LogP contribution in [-0.4, -0.2) is 52.2 Å². The summed E-state index contributed by atoms with van der Waals surface area (Å²) in [4.78, 5) is 12.2. The third-order valence-electron chi connectivity index (χ3n) is 5.45. The zero-order valence-corrected chi connectivity index (χ0v) is 14.0. The molecule has 2 aromatic rings. The lowest BCUT2D eigenvalue weighted by atomic mass is 9.98. The second kappa shape index (κ2) is 6.57. The second-order valence-corrected chi connectivity index (χ2v) is 7.02. The van der Waals surface area contributed by atoms with Crippen molar-refractivity contribution in [2.24, 2.45) is 5.92 Å². The second-order valence-electron chi connectivity index (χ2n) is 7.02. The molecule has 0 amide bonds. The molecular weight excluding hydrogens is 286 g/mol. The van der Waals surface area contributed by atoms with E-state index in [2.05, 4.69) is 32.8 Å². The van der Waals surface area contributed by atoms with Gasteiger partial charge in [0.15, 0.2) is 5.65 Å². The van der Waals surface area contributed by atoms with E-state index in [1.54, 1.807) is 0 Å². The Morgan fingerprint density at radius 3 is 3.09 bits per heavy atom. The van der Waals surface area contributed by atoms with Crippen LogP contribution in [0.25, 0.3) is 11.2 Å². The molecule has 2 aliphatic rings. The zero-order valence-electron chi connectivity index (χ0n) is 14.0. The monoisotopic (exact) mass is 313 g/mol. The highest BCUT2D eigenvalue weighted by atomic mass is 15.2. The van der Waals surface area contributed by atoms with Crippen molar-refractivity contribution in [2.45, 2.75) is 38.6 Å². The fourth-order valence-electron chi connectivity index (χ4n) is 4.15. The van der Waals surface area contributed by atoms with Gasteiger partial charge in [-0.1, -0.05) is 6.92 Å². The van der Waals surface area contributed by atoms with E-state index in [9.17, 15) is 0 Å². The molecular formula is C18H27N5. The minimum atomic E-state index is 0.529. The largest absolute Gasteiger partial charge is 0.316 e. The van der Waals surface area contributed by atoms with Crippen molar-refractivity contribution in [1.29, 1.82) is 0 Å². The lowest BCUT2D eigenvalue weighted by Crippen LogP contribution is -2.30. The van der Waals surface area contributed by atoms with Crippen molar-refractivity contribution < 1.29 is 0 Å². The highest BCUT2D eigenvalue weighted by Gasteiger charge is 2.27. The van der Waals surface area contributed by atoms with Crippen LogP contribution in [0, 0.1) is 5.92 Å². The molecule has 5 nitrogen and oxygen atoms in total. The Kier molecular flexibility index (Phi) is 4.31. The number of aromatic nitrogens is 3. The first kappa shape index (κ1) is 15.1. The summed E-state index contributed by atoms with van der Waals surface area (Å²) in [5.41, 5.74) is 2.13. The van der Waals surface area contributed by atoms with Gasteiger partial charge in [-0.05, 0) is 56.9 Å². The van der Waals surface area contributed by atoms with Crippen molar-refractivity contribution in [3.63, 3.8) is 0 Å². The molecule has 4 rings (SSSR count). The summed E-state index contributed by atoms with van der Waals surface area (Å²) >= 11 is 0. The van der Waals surface area contributed by atoms with Crippen molar-refractivity contribution in [3.05, 3.63) is 24.2 Å². The van der Waals surface area contributed by atoms with Gasteiger partial charge in [0.2, 0.25) is 0 Å². The number of hydrogen-bond acceptors (Lipinski definition) is 4. The smallest absolute Gasteiger partial charge is 0.160 e. The summed E-state index contributed by atoms with van der Waals surface area (Å²) < 4.78 is 2.43. The summed E-state index contributed by atoms with van der Waals surface area (Å²) in [7, 11) is 0. The SMILES string of the molecule is CCN1CCC(Cn2c(C3CCCNC3)nc3cccnc32)C1. The van der Waals surface area contributed by atoms with Gasteiger partial charge in [0.05, 0.1) is 0 Å². The van der Waals surface area contributed by atoms with E-state index in [4.69, 9.17) is 4.98 Å². The molecule has 23 heavy (non-hydrogen) atoms. The maximum Gasteiger partial charge on any atom is 0.160 e. The summed E-state index contributed by atoms with van der Waals surface area (Å²) in [5.74, 6) is 2.51. The molecule has 0 spiro atoms. The summed E-state index contributed by atoms with van der Waals surface area (Å²) in [6.45, 7) is 9.13. The Morgan fingerprint density at radius 1 is 1.35 bits per heavy atom. The van der Waals surface area contributed by atoms with E-state index in [1.807, 2.05) is 12.3 Å². The Balaban J connectivity index is 1.65. The predicted octanol–water partition coefficient (Wildman–Crippen LogP) is 2.24. The van der Waals surface area contributed by atoms with Crippen molar-refractivity contribution in [2.75, 3.05) is 32.7 Å². The number of piperidine rings is 1. The van der Waals surface area contributed by atoms with E-state index in [1.165, 1.54) is 44.7 Å². The predicted molar refractivity (Wildman–Crippen MR) is 92.6 cm³/mol. The van der Waals surface area contributed by atoms with Crippen LogP contribution in [0.5, 0.6) is 0 Å². The molecule has 0 saturated carbocycles. The molecule has 124 valence electrons. The summed E-state index contributed by atoms with van der Waals surface area (Å²) in [6, 6.07) is 4.10. The van der Waals surface area contributed by atoms with E-state index < -0.39 is 0 Å². The number of hydrogen-bond donors (Lipinski definition) is 1. The Hall–Kier alpha value is -1.46. The zero-order chi connectivity index (χ0) is 15.6. The first-order valence-corrected chi connectivity index (χ1v) is 9.09. The number of pyridine rings is 1. The molecule has 5 heteroatoms. The van der Waals surface area contributed by atoms with Crippen LogP contribution in [-0.2, 0) is 6.54 Å². The van der Waals surface area contributed by atoms with Crippen LogP contribution in [0.1, 0.15) is 37.9 Å². The lowest BCUT2D eigenvalue weighted by molar-refractivity contribution is 0.330. The number of nitrogens with zero attached hydrogens (tertiary/aromatic N) is 4. The minimum Gasteiger partial charge on any atom is -0.316 e. The summed E-state index contributed by atoms with van der Waals surface area (Å²) in [5, 5.41) is 3.53. The Labute approximate surface area is 138 Å². The number of fused-ring (bicyclic) bond motifs is 1. The minimum absolute atomic E-state index is 0.529. The van der Waals surface area contributed by atoms with Gasteiger partial charge in [-0.25, -0.2) is 9.97 Å². The fraction of sp³-hybridized carbons (Fsp3) is 0.667. The molecule has 2 aliphatic heterocycles. The number of likely N-dealkylation sites (tertiary alicyclic amines) is 1. The van der Waals surface area contributed by atoms with Gasteiger partial charge in [-0.15, -0.1) is 0 Å². The van der Waals surface area contributed by atoms with Gasteiger partial charge in [-0.2, -0.15) is 0 Å². The average molecular weight is 313 g/mol. The lowest BCUT2D eigenvalue weighted by Gasteiger charge is -2.24. The molecule has 4 heterocycles. The molecule has 2 unspecified atom stereocenters. The van der Waals surface area contributed by atoms with Crippen LogP contribution in [0.3, 0.4) is 0 Å². The van der Waals surface area contributed by atoms with Gasteiger partial charge < -0.3 is 14.8 Å². The highest BCUT2D eigenvalue weighted by Crippen LogP contribution is 2.28. The van der Waals surface area contributed by atoms with Crippen LogP contribution in [0.2, 0.25) is 0 Å². The molecule has 2 fully saturated rings. The maximum absolute atomic E-state index is 4.96. The van der Waals surface area contributed by atoms with Crippen molar-refractivity contribution >= 4 is 11.2 Å². The number of rotatable bonds is 4. The third kappa shape index (κ3) is 3.00. The van der Waals surface area contributed by atoms with Crippen LogP contribution < -0.4 is 5.32 Å². The molecule has 0 aliphatic carbocycles. The molecule has 0 bridgehead atoms. The topological polar surface area (TPSA) is 46.0 Å². The van der Waals surface area contributed by atoms with E-state index in [0.29, 0.717) is 5.92 Å². The summed E-state index contributed by atoms with van der Waals surface area (Å²) in [6.07, 6.45) is 5.68. The standard InChI is InChI=1S/C18H27N5/c1-2-22-10-7-14(12-22)13-23-17(15-5-3-8-19-11-15)21-16-6-4-9-20-18(16)23/h4,6,9,14-15,19H,2-3,5,7-8,10-13H2,1H3. The van der Waals surface area contributed by atoms with E-state index >= 15 is 0 Å². The van der Waals surface area contributed by atoms with Gasteiger partial charge >= 0.3 is 0 Å². The molecule has 1 N–H and O–H groups in total. The molecule has 2 saturated heterocycles. The quantitative estimate of drug-likeness (QED) is 0.940. The van der Waals surface area contributed by atoms with Crippen molar-refractivity contribution in [3.8, 4) is 0 Å². The highest BCUT2D eigenvalue weighted by molar-refractivity contribution is 5.71. The van der Waals surface area contributed by atoms with Crippen LogP contribution in [0.4, 0.5) is 0 Å². The first-order chi connectivity index (χ1) is 11.3. The van der Waals surface area contributed by atoms with E-state index in [0.717, 1.165) is 36.7 Å². The Bertz CT molecular complexity index is 658. The molecule has 0 radical (unpaired) electrons. The van der Waals surface area contributed by atoms with Gasteiger partial charge in [0, 0.05) is 31.7 Å². The van der Waals surface area contributed by atoms with Gasteiger partial charge in [-0.3, -0.25) is 0 Å².